The van der Waals surface area contributed by atoms with Crippen LogP contribution in [-0.2, 0) is 19.1 Å². The first-order chi connectivity index (χ1) is 15.8. The van der Waals surface area contributed by atoms with Crippen molar-refractivity contribution in [1.82, 2.24) is 15.0 Å². The van der Waals surface area contributed by atoms with Crippen LogP contribution in [0.5, 0.6) is 0 Å². The fourth-order valence-corrected chi connectivity index (χ4v) is 3.56. The van der Waals surface area contributed by atoms with Gasteiger partial charge in [-0.3, -0.25) is 19.4 Å². The van der Waals surface area contributed by atoms with Gasteiger partial charge in [0.25, 0.3) is 11.5 Å². The number of amides is 1. The lowest BCUT2D eigenvalue weighted by Crippen LogP contribution is -2.23. The second-order valence-corrected chi connectivity index (χ2v) is 7.44. The van der Waals surface area contributed by atoms with Gasteiger partial charge in [0.2, 0.25) is 0 Å². The van der Waals surface area contributed by atoms with Gasteiger partial charge in [-0.15, -0.1) is 0 Å². The third kappa shape index (κ3) is 4.78. The number of alkyl halides is 3. The van der Waals surface area contributed by atoms with Crippen LogP contribution in [0.4, 0.5) is 13.2 Å². The minimum absolute atomic E-state index is 0.121. The molecule has 4 rings (SSSR count). The third-order valence-electron chi connectivity index (χ3n) is 5.28. The molecule has 0 radical (unpaired) electrons. The van der Waals surface area contributed by atoms with E-state index in [1.807, 2.05) is 6.07 Å². The van der Waals surface area contributed by atoms with Crippen molar-refractivity contribution in [2.24, 2.45) is 0 Å². The van der Waals surface area contributed by atoms with E-state index in [1.54, 1.807) is 24.3 Å². The Bertz CT molecular complexity index is 1400. The van der Waals surface area contributed by atoms with Crippen LogP contribution >= 0.6 is 0 Å². The predicted octanol–water partition coefficient (Wildman–Crippen LogP) is 4.44. The number of aryl methyl sites for hydroxylation is 2. The van der Waals surface area contributed by atoms with Crippen LogP contribution < -0.4 is 11.0 Å². The molecule has 1 amide bonds. The molecule has 2 N–H and O–H groups in total. The minimum atomic E-state index is -4.42. The summed E-state index contributed by atoms with van der Waals surface area (Å²) in [6, 6.07) is 16.6. The summed E-state index contributed by atoms with van der Waals surface area (Å²) in [5, 5.41) is 9.03. The highest BCUT2D eigenvalue weighted by Crippen LogP contribution is 2.32. The molecule has 0 saturated heterocycles. The average molecular weight is 453 g/mol. The molecule has 0 bridgehead atoms. The number of carbonyl (C=O) groups is 1. The highest BCUT2D eigenvalue weighted by atomic mass is 19.4. The second kappa shape index (κ2) is 8.87. The summed E-state index contributed by atoms with van der Waals surface area (Å²) in [5.41, 5.74) is 2.93. The Hall–Kier alpha value is -3.98. The zero-order valence-electron chi connectivity index (χ0n) is 17.1. The number of carbonyl (C=O) groups excluding carboxylic acids is 1. The number of rotatable bonds is 5. The number of halogens is 3. The SMILES string of the molecule is O=C(NO)c1ccc2ncn(CCc3cccc(-c4cccc(C(F)(F)F)c4)c3)c(=O)c2c1. The molecular weight excluding hydrogens is 435 g/mol. The van der Waals surface area contributed by atoms with Crippen molar-refractivity contribution in [2.75, 3.05) is 0 Å². The van der Waals surface area contributed by atoms with E-state index in [0.29, 0.717) is 23.1 Å². The summed E-state index contributed by atoms with van der Waals surface area (Å²) in [6.45, 7) is 0.282. The molecule has 0 saturated carbocycles. The topological polar surface area (TPSA) is 84.2 Å². The van der Waals surface area contributed by atoms with Crippen molar-refractivity contribution in [2.45, 2.75) is 19.1 Å². The predicted molar refractivity (Wildman–Crippen MR) is 116 cm³/mol. The molecule has 0 aliphatic heterocycles. The molecule has 1 aromatic heterocycles. The van der Waals surface area contributed by atoms with Gasteiger partial charge >= 0.3 is 6.18 Å². The van der Waals surface area contributed by atoms with Gasteiger partial charge < -0.3 is 0 Å². The van der Waals surface area contributed by atoms with Crippen LogP contribution in [0.15, 0.2) is 77.9 Å². The van der Waals surface area contributed by atoms with Crippen molar-refractivity contribution in [3.8, 4) is 11.1 Å². The van der Waals surface area contributed by atoms with Gasteiger partial charge in [0.1, 0.15) is 0 Å². The minimum Gasteiger partial charge on any atom is -0.298 e. The zero-order chi connectivity index (χ0) is 23.6. The maximum absolute atomic E-state index is 13.0. The second-order valence-electron chi connectivity index (χ2n) is 7.44. The quantitative estimate of drug-likeness (QED) is 0.346. The van der Waals surface area contributed by atoms with E-state index in [2.05, 4.69) is 4.98 Å². The summed E-state index contributed by atoms with van der Waals surface area (Å²) >= 11 is 0. The molecule has 0 aliphatic rings. The largest absolute Gasteiger partial charge is 0.416 e. The lowest BCUT2D eigenvalue weighted by molar-refractivity contribution is -0.137. The maximum Gasteiger partial charge on any atom is 0.416 e. The van der Waals surface area contributed by atoms with Crippen LogP contribution in [-0.4, -0.2) is 20.7 Å². The van der Waals surface area contributed by atoms with Crippen LogP contribution in [0.25, 0.3) is 22.0 Å². The standard InChI is InChI=1S/C24H18F3N3O3/c25-24(26,27)19-6-2-5-17(12-19)16-4-1-3-15(11-16)9-10-30-14-28-21-8-7-18(22(31)29-33)13-20(21)23(30)32/h1-8,11-14,33H,9-10H2,(H,29,31). The molecule has 168 valence electrons. The summed E-state index contributed by atoms with van der Waals surface area (Å²) < 4.78 is 40.5. The maximum atomic E-state index is 13.0. The number of hydroxylamine groups is 1. The molecule has 0 fully saturated rings. The van der Waals surface area contributed by atoms with Crippen molar-refractivity contribution in [3.63, 3.8) is 0 Å². The Morgan fingerprint density at radius 1 is 1.00 bits per heavy atom. The number of benzene rings is 3. The molecule has 0 atom stereocenters. The van der Waals surface area contributed by atoms with Crippen molar-refractivity contribution in [1.29, 1.82) is 0 Å². The molecule has 0 spiro atoms. The molecular formula is C24H18F3N3O3. The number of hydrogen-bond donors (Lipinski definition) is 2. The van der Waals surface area contributed by atoms with E-state index >= 15 is 0 Å². The molecule has 4 aromatic rings. The van der Waals surface area contributed by atoms with E-state index < -0.39 is 17.6 Å². The van der Waals surface area contributed by atoms with Gasteiger partial charge in [0, 0.05) is 12.1 Å². The normalized spacial score (nSPS) is 11.5. The monoisotopic (exact) mass is 453 g/mol. The van der Waals surface area contributed by atoms with Gasteiger partial charge in [0.15, 0.2) is 0 Å². The first-order valence-electron chi connectivity index (χ1n) is 9.96. The first kappa shape index (κ1) is 22.2. The van der Waals surface area contributed by atoms with E-state index in [9.17, 15) is 22.8 Å². The summed E-state index contributed by atoms with van der Waals surface area (Å²) in [5.74, 6) is -0.738. The lowest BCUT2D eigenvalue weighted by atomic mass is 10.00. The Kier molecular flexibility index (Phi) is 5.97. The van der Waals surface area contributed by atoms with Gasteiger partial charge in [-0.05, 0) is 53.4 Å². The van der Waals surface area contributed by atoms with E-state index in [0.717, 1.165) is 17.7 Å². The van der Waals surface area contributed by atoms with Crippen molar-refractivity contribution < 1.29 is 23.2 Å². The lowest BCUT2D eigenvalue weighted by Gasteiger charge is -2.11. The molecule has 9 heteroatoms. The Morgan fingerprint density at radius 3 is 2.45 bits per heavy atom. The molecule has 0 unspecified atom stereocenters. The number of nitrogens with one attached hydrogen (secondary N) is 1. The van der Waals surface area contributed by atoms with Gasteiger partial charge in [0.05, 0.1) is 22.8 Å². The molecule has 6 nitrogen and oxygen atoms in total. The van der Waals surface area contributed by atoms with Crippen LogP contribution in [0.2, 0.25) is 0 Å². The van der Waals surface area contributed by atoms with Gasteiger partial charge in [-0.1, -0.05) is 36.4 Å². The smallest absolute Gasteiger partial charge is 0.298 e. The van der Waals surface area contributed by atoms with E-state index in [4.69, 9.17) is 5.21 Å². The van der Waals surface area contributed by atoms with Crippen molar-refractivity contribution >= 4 is 16.8 Å². The summed E-state index contributed by atoms with van der Waals surface area (Å²) in [4.78, 5) is 28.7. The fraction of sp³-hybridized carbons (Fsp3) is 0.125. The highest BCUT2D eigenvalue weighted by Gasteiger charge is 2.30. The number of hydrogen-bond acceptors (Lipinski definition) is 4. The molecule has 1 heterocycles. The zero-order valence-corrected chi connectivity index (χ0v) is 17.1. The Labute approximate surface area is 185 Å². The Morgan fingerprint density at radius 2 is 1.73 bits per heavy atom. The summed E-state index contributed by atoms with van der Waals surface area (Å²) in [7, 11) is 0. The highest BCUT2D eigenvalue weighted by molar-refractivity contribution is 5.97. The van der Waals surface area contributed by atoms with E-state index in [-0.39, 0.29) is 23.1 Å². The van der Waals surface area contributed by atoms with Gasteiger partial charge in [-0.25, -0.2) is 10.5 Å². The van der Waals surface area contributed by atoms with Crippen LogP contribution in [0, 0.1) is 0 Å². The summed E-state index contributed by atoms with van der Waals surface area (Å²) in [6.07, 6.45) is -2.57. The van der Waals surface area contributed by atoms with Crippen LogP contribution in [0.3, 0.4) is 0 Å². The van der Waals surface area contributed by atoms with Crippen LogP contribution in [0.1, 0.15) is 21.5 Å². The number of fused-ring (bicyclic) bond motifs is 1. The first-order valence-corrected chi connectivity index (χ1v) is 9.96. The Balaban J connectivity index is 1.58. The van der Waals surface area contributed by atoms with Gasteiger partial charge in [-0.2, -0.15) is 13.2 Å². The average Bonchev–Trinajstić information content (AvgIpc) is 2.83. The third-order valence-corrected chi connectivity index (χ3v) is 5.28. The molecule has 0 aliphatic carbocycles. The van der Waals surface area contributed by atoms with E-state index in [1.165, 1.54) is 40.6 Å². The molecule has 3 aromatic carbocycles. The van der Waals surface area contributed by atoms with Crippen molar-refractivity contribution in [3.05, 3.63) is 100 Å². The molecule has 33 heavy (non-hydrogen) atoms. The number of aromatic nitrogens is 2. The number of nitrogens with zero attached hydrogens (tertiary/aromatic N) is 2. The fourth-order valence-electron chi connectivity index (χ4n) is 3.56.